The van der Waals surface area contributed by atoms with Crippen LogP contribution in [0.15, 0.2) is 48.5 Å². The number of rotatable bonds is 1. The molecule has 0 aromatic heterocycles. The van der Waals surface area contributed by atoms with Crippen molar-refractivity contribution in [2.75, 3.05) is 11.9 Å². The molecule has 0 saturated carbocycles. The molecule has 2 aromatic carbocycles. The van der Waals surface area contributed by atoms with Crippen LogP contribution in [0.4, 0.5) is 18.9 Å². The number of anilines is 1. The summed E-state index contributed by atoms with van der Waals surface area (Å²) in [6.45, 7) is 0.00518. The Bertz CT molecular complexity index is 835. The number of carbonyl (C=O) groups excluding carboxylic acids is 1. The number of nitrogens with one attached hydrogen (secondary N) is 1. The first kappa shape index (κ1) is 15.8. The van der Waals surface area contributed by atoms with E-state index >= 15 is 0 Å². The Hall–Kier alpha value is -2.70. The summed E-state index contributed by atoms with van der Waals surface area (Å²) in [6, 6.07) is 13.7. The number of carbonyl (C=O) groups is 1. The summed E-state index contributed by atoms with van der Waals surface area (Å²) in [4.78, 5) is 12.8. The minimum Gasteiger partial charge on any atom is -0.508 e. The number of alkyl halides is 3. The van der Waals surface area contributed by atoms with E-state index in [1.165, 1.54) is 12.1 Å². The average molecular weight is 348 g/mol. The van der Waals surface area contributed by atoms with E-state index in [1.54, 1.807) is 24.3 Å². The Morgan fingerprint density at radius 3 is 2.52 bits per heavy atom. The summed E-state index contributed by atoms with van der Waals surface area (Å²) in [7, 11) is 0. The minimum atomic E-state index is -4.92. The van der Waals surface area contributed by atoms with Gasteiger partial charge in [-0.3, -0.25) is 4.79 Å². The lowest BCUT2D eigenvalue weighted by Gasteiger charge is -2.33. The van der Waals surface area contributed by atoms with Gasteiger partial charge in [0.05, 0.1) is 5.41 Å². The maximum atomic E-state index is 13.0. The summed E-state index contributed by atoms with van der Waals surface area (Å²) in [6.07, 6.45) is -5.36. The standard InChI is InChI=1S/C18H15F3N2O2/c19-18(20,21)16(25)23-10-9-17(11-5-7-12(24)8-6-11)13-3-1-2-4-14(13)22-15(17)23/h1-8,15,22,24H,9-10H2/t15-,17+/m1/s1. The number of phenols is 1. The van der Waals surface area contributed by atoms with Crippen LogP contribution in [0, 0.1) is 0 Å². The van der Waals surface area contributed by atoms with E-state index in [-0.39, 0.29) is 12.3 Å². The van der Waals surface area contributed by atoms with Crippen molar-refractivity contribution in [3.05, 3.63) is 59.7 Å². The zero-order chi connectivity index (χ0) is 17.8. The smallest absolute Gasteiger partial charge is 0.471 e. The zero-order valence-corrected chi connectivity index (χ0v) is 13.0. The second-order valence-electron chi connectivity index (χ2n) is 6.36. The van der Waals surface area contributed by atoms with Gasteiger partial charge in [0.1, 0.15) is 11.9 Å². The lowest BCUT2D eigenvalue weighted by molar-refractivity contribution is -0.186. The average Bonchev–Trinajstić information content (AvgIpc) is 3.09. The molecule has 1 saturated heterocycles. The molecule has 2 aliphatic heterocycles. The molecule has 7 heteroatoms. The summed E-state index contributed by atoms with van der Waals surface area (Å²) < 4.78 is 39.0. The Morgan fingerprint density at radius 1 is 1.16 bits per heavy atom. The van der Waals surface area contributed by atoms with Gasteiger partial charge >= 0.3 is 12.1 Å². The highest BCUT2D eigenvalue weighted by Gasteiger charge is 2.59. The topological polar surface area (TPSA) is 52.6 Å². The number of nitrogens with zero attached hydrogens (tertiary/aromatic N) is 1. The highest BCUT2D eigenvalue weighted by molar-refractivity contribution is 5.84. The van der Waals surface area contributed by atoms with Crippen LogP contribution in [0.2, 0.25) is 0 Å². The third kappa shape index (κ3) is 2.18. The van der Waals surface area contributed by atoms with Crippen LogP contribution < -0.4 is 5.32 Å². The molecule has 2 aliphatic rings. The molecule has 0 radical (unpaired) electrons. The van der Waals surface area contributed by atoms with Gasteiger partial charge in [-0.05, 0) is 35.7 Å². The molecule has 0 unspecified atom stereocenters. The third-order valence-electron chi connectivity index (χ3n) is 5.11. The number of likely N-dealkylation sites (tertiary alicyclic amines) is 1. The predicted octanol–water partition coefficient (Wildman–Crippen LogP) is 3.22. The first-order chi connectivity index (χ1) is 11.8. The van der Waals surface area contributed by atoms with E-state index in [9.17, 15) is 23.1 Å². The number of fused-ring (bicyclic) bond motifs is 3. The molecule has 2 aromatic rings. The Morgan fingerprint density at radius 2 is 1.84 bits per heavy atom. The monoisotopic (exact) mass is 348 g/mol. The van der Waals surface area contributed by atoms with Gasteiger partial charge in [0.15, 0.2) is 0 Å². The number of benzene rings is 2. The number of aromatic hydroxyl groups is 1. The number of halogens is 3. The van der Waals surface area contributed by atoms with Gasteiger partial charge in [-0.15, -0.1) is 0 Å². The molecule has 1 fully saturated rings. The summed E-state index contributed by atoms with van der Waals surface area (Å²) in [5.74, 6) is -1.75. The minimum absolute atomic E-state index is 0.00518. The van der Waals surface area contributed by atoms with Crippen molar-refractivity contribution in [3.8, 4) is 5.75 Å². The second kappa shape index (κ2) is 5.15. The summed E-state index contributed by atoms with van der Waals surface area (Å²) >= 11 is 0. The van der Waals surface area contributed by atoms with Crippen molar-refractivity contribution in [2.24, 2.45) is 0 Å². The quantitative estimate of drug-likeness (QED) is 0.832. The van der Waals surface area contributed by atoms with Gasteiger partial charge < -0.3 is 15.3 Å². The van der Waals surface area contributed by atoms with Crippen molar-refractivity contribution in [2.45, 2.75) is 24.2 Å². The fourth-order valence-electron chi connectivity index (χ4n) is 4.06. The van der Waals surface area contributed by atoms with Crippen molar-refractivity contribution >= 4 is 11.6 Å². The molecule has 0 aliphatic carbocycles. The largest absolute Gasteiger partial charge is 0.508 e. The van der Waals surface area contributed by atoms with E-state index in [4.69, 9.17) is 0 Å². The van der Waals surface area contributed by atoms with Crippen LogP contribution in [-0.2, 0) is 10.2 Å². The van der Waals surface area contributed by atoms with Crippen LogP contribution >= 0.6 is 0 Å². The fourth-order valence-corrected chi connectivity index (χ4v) is 4.06. The third-order valence-corrected chi connectivity index (χ3v) is 5.11. The van der Waals surface area contributed by atoms with Gasteiger partial charge in [0.2, 0.25) is 0 Å². The van der Waals surface area contributed by atoms with E-state index in [0.29, 0.717) is 6.42 Å². The zero-order valence-electron chi connectivity index (χ0n) is 13.0. The Labute approximate surface area is 141 Å². The van der Waals surface area contributed by atoms with Gasteiger partial charge in [-0.25, -0.2) is 0 Å². The molecule has 1 amide bonds. The maximum absolute atomic E-state index is 13.0. The highest BCUT2D eigenvalue weighted by atomic mass is 19.4. The Kier molecular flexibility index (Phi) is 3.25. The fraction of sp³-hybridized carbons (Fsp3) is 0.278. The molecule has 2 N–H and O–H groups in total. The van der Waals surface area contributed by atoms with E-state index in [0.717, 1.165) is 21.7 Å². The predicted molar refractivity (Wildman–Crippen MR) is 85.1 cm³/mol. The summed E-state index contributed by atoms with van der Waals surface area (Å²) in [5.41, 5.74) is 1.58. The van der Waals surface area contributed by atoms with Crippen molar-refractivity contribution in [3.63, 3.8) is 0 Å². The summed E-state index contributed by atoms with van der Waals surface area (Å²) in [5, 5.41) is 12.6. The van der Waals surface area contributed by atoms with Crippen LogP contribution in [0.25, 0.3) is 0 Å². The first-order valence-electron chi connectivity index (χ1n) is 7.87. The molecule has 0 spiro atoms. The first-order valence-corrected chi connectivity index (χ1v) is 7.87. The van der Waals surface area contributed by atoms with E-state index in [1.807, 2.05) is 12.1 Å². The SMILES string of the molecule is O=C(N1CC[C@]2(c3ccc(O)cc3)c3ccccc3N[C@H]12)C(F)(F)F. The molecule has 130 valence electrons. The second-order valence-corrected chi connectivity index (χ2v) is 6.36. The van der Waals surface area contributed by atoms with Gasteiger partial charge in [-0.1, -0.05) is 30.3 Å². The number of hydrogen-bond acceptors (Lipinski definition) is 3. The van der Waals surface area contributed by atoms with Crippen molar-refractivity contribution < 1.29 is 23.1 Å². The van der Waals surface area contributed by atoms with E-state index < -0.39 is 23.7 Å². The van der Waals surface area contributed by atoms with Gasteiger partial charge in [-0.2, -0.15) is 13.2 Å². The van der Waals surface area contributed by atoms with Crippen molar-refractivity contribution in [1.82, 2.24) is 4.90 Å². The number of amides is 1. The lowest BCUT2D eigenvalue weighted by atomic mass is 9.73. The highest BCUT2D eigenvalue weighted by Crippen LogP contribution is 2.53. The van der Waals surface area contributed by atoms with Crippen LogP contribution in [-0.4, -0.2) is 34.8 Å². The molecule has 4 nitrogen and oxygen atoms in total. The lowest BCUT2D eigenvalue weighted by Crippen LogP contribution is -2.50. The number of para-hydroxylation sites is 1. The number of phenolic OH excluding ortho intramolecular Hbond substituents is 1. The molecule has 2 heterocycles. The molecule has 25 heavy (non-hydrogen) atoms. The van der Waals surface area contributed by atoms with Crippen LogP contribution in [0.1, 0.15) is 17.5 Å². The van der Waals surface area contributed by atoms with Crippen molar-refractivity contribution in [1.29, 1.82) is 0 Å². The molecule has 0 bridgehead atoms. The van der Waals surface area contributed by atoms with Crippen LogP contribution in [0.5, 0.6) is 5.75 Å². The van der Waals surface area contributed by atoms with Gasteiger partial charge in [0, 0.05) is 12.2 Å². The number of hydrogen-bond donors (Lipinski definition) is 2. The molecular weight excluding hydrogens is 333 g/mol. The molecule has 4 rings (SSSR count). The Balaban J connectivity index is 1.86. The molecular formula is C18H15F3N2O2. The van der Waals surface area contributed by atoms with Crippen LogP contribution in [0.3, 0.4) is 0 Å². The maximum Gasteiger partial charge on any atom is 0.471 e. The van der Waals surface area contributed by atoms with Gasteiger partial charge in [0.25, 0.3) is 0 Å². The van der Waals surface area contributed by atoms with E-state index in [2.05, 4.69) is 5.32 Å². The normalized spacial score (nSPS) is 24.6. The molecule has 2 atom stereocenters.